The van der Waals surface area contributed by atoms with Crippen molar-refractivity contribution in [2.24, 2.45) is 5.92 Å². The summed E-state index contributed by atoms with van der Waals surface area (Å²) in [5.74, 6) is 1.29. The molecule has 1 aromatic carbocycles. The first kappa shape index (κ1) is 15.8. The zero-order valence-electron chi connectivity index (χ0n) is 12.1. The molecule has 0 fully saturated rings. The van der Waals surface area contributed by atoms with Crippen LogP contribution < -0.4 is 10.3 Å². The standard InChI is InChI=1S/C15H17IN2O3/c1-8(2)6-10-13(16)15(20)18-14(17-10)9-4-5-11(19)12(7-9)21-3/h4-5,7-8,19H,6H2,1-3H3,(H,17,18,20). The van der Waals surface area contributed by atoms with Gasteiger partial charge < -0.3 is 14.8 Å². The van der Waals surface area contributed by atoms with E-state index < -0.39 is 0 Å². The molecule has 21 heavy (non-hydrogen) atoms. The largest absolute Gasteiger partial charge is 0.504 e. The maximum absolute atomic E-state index is 12.1. The summed E-state index contributed by atoms with van der Waals surface area (Å²) in [4.78, 5) is 19.4. The van der Waals surface area contributed by atoms with Crippen LogP contribution in [-0.2, 0) is 6.42 Å². The molecule has 0 amide bonds. The average Bonchev–Trinajstić information content (AvgIpc) is 2.43. The van der Waals surface area contributed by atoms with Gasteiger partial charge in [0.25, 0.3) is 5.56 Å². The molecule has 1 heterocycles. The summed E-state index contributed by atoms with van der Waals surface area (Å²) in [5.41, 5.74) is 1.34. The van der Waals surface area contributed by atoms with Gasteiger partial charge in [-0.1, -0.05) is 13.8 Å². The number of H-pyrrole nitrogens is 1. The van der Waals surface area contributed by atoms with Crippen molar-refractivity contribution in [1.82, 2.24) is 9.97 Å². The van der Waals surface area contributed by atoms with Crippen LogP contribution in [0.5, 0.6) is 11.5 Å². The quantitative estimate of drug-likeness (QED) is 0.774. The first-order valence-electron chi connectivity index (χ1n) is 6.58. The second kappa shape index (κ2) is 6.46. The fourth-order valence-corrected chi connectivity index (χ4v) is 2.46. The third-order valence-corrected chi connectivity index (χ3v) is 4.10. The van der Waals surface area contributed by atoms with Gasteiger partial charge in [-0.05, 0) is 53.1 Å². The Morgan fingerprint density at radius 1 is 1.43 bits per heavy atom. The van der Waals surface area contributed by atoms with E-state index >= 15 is 0 Å². The van der Waals surface area contributed by atoms with Gasteiger partial charge in [-0.2, -0.15) is 0 Å². The molecule has 0 aliphatic heterocycles. The third-order valence-electron chi connectivity index (χ3n) is 2.99. The van der Waals surface area contributed by atoms with Gasteiger partial charge in [-0.3, -0.25) is 4.79 Å². The molecule has 0 atom stereocenters. The van der Waals surface area contributed by atoms with Crippen LogP contribution in [0.1, 0.15) is 19.5 Å². The van der Waals surface area contributed by atoms with Gasteiger partial charge >= 0.3 is 0 Å². The summed E-state index contributed by atoms with van der Waals surface area (Å²) in [6.07, 6.45) is 0.740. The molecule has 2 aromatic rings. The van der Waals surface area contributed by atoms with E-state index in [9.17, 15) is 9.90 Å². The van der Waals surface area contributed by atoms with Crippen LogP contribution in [-0.4, -0.2) is 22.2 Å². The lowest BCUT2D eigenvalue weighted by molar-refractivity contribution is 0.373. The van der Waals surface area contributed by atoms with Crippen LogP contribution in [0.15, 0.2) is 23.0 Å². The van der Waals surface area contributed by atoms with E-state index in [0.29, 0.717) is 26.6 Å². The molecule has 2 rings (SSSR count). The lowest BCUT2D eigenvalue weighted by atomic mass is 10.1. The second-order valence-corrected chi connectivity index (χ2v) is 6.24. The van der Waals surface area contributed by atoms with E-state index in [2.05, 4.69) is 23.8 Å². The predicted octanol–water partition coefficient (Wildman–Crippen LogP) is 2.95. The number of rotatable bonds is 4. The number of halogens is 1. The molecule has 2 N–H and O–H groups in total. The van der Waals surface area contributed by atoms with E-state index in [0.717, 1.165) is 12.1 Å². The molecule has 0 aliphatic rings. The molecular formula is C15H17IN2O3. The van der Waals surface area contributed by atoms with Gasteiger partial charge in [0.1, 0.15) is 5.82 Å². The summed E-state index contributed by atoms with van der Waals surface area (Å²) in [6.45, 7) is 4.17. The second-order valence-electron chi connectivity index (χ2n) is 5.16. The number of phenols is 1. The summed E-state index contributed by atoms with van der Waals surface area (Å²) < 4.78 is 5.71. The number of nitrogens with one attached hydrogen (secondary N) is 1. The van der Waals surface area contributed by atoms with Crippen molar-refractivity contribution in [3.63, 3.8) is 0 Å². The normalized spacial score (nSPS) is 10.9. The molecule has 0 unspecified atom stereocenters. The Balaban J connectivity index is 2.54. The zero-order valence-corrected chi connectivity index (χ0v) is 14.3. The average molecular weight is 400 g/mol. The lowest BCUT2D eigenvalue weighted by Crippen LogP contribution is -2.17. The van der Waals surface area contributed by atoms with Crippen molar-refractivity contribution >= 4 is 22.6 Å². The number of aromatic hydroxyl groups is 1. The molecule has 112 valence electrons. The molecule has 0 radical (unpaired) electrons. The van der Waals surface area contributed by atoms with Crippen molar-refractivity contribution < 1.29 is 9.84 Å². The fraction of sp³-hybridized carbons (Fsp3) is 0.333. The van der Waals surface area contributed by atoms with Crippen molar-refractivity contribution in [2.75, 3.05) is 7.11 Å². The Morgan fingerprint density at radius 2 is 2.14 bits per heavy atom. The summed E-state index contributed by atoms with van der Waals surface area (Å²) in [5, 5.41) is 9.64. The molecule has 5 nitrogen and oxygen atoms in total. The molecule has 0 bridgehead atoms. The molecule has 0 aliphatic carbocycles. The summed E-state index contributed by atoms with van der Waals surface area (Å²) in [6, 6.07) is 4.87. The van der Waals surface area contributed by atoms with E-state index in [1.807, 2.05) is 22.6 Å². The van der Waals surface area contributed by atoms with Crippen molar-refractivity contribution in [3.8, 4) is 22.9 Å². The van der Waals surface area contributed by atoms with E-state index in [-0.39, 0.29) is 11.3 Å². The maximum atomic E-state index is 12.1. The van der Waals surface area contributed by atoms with E-state index in [1.165, 1.54) is 13.2 Å². The highest BCUT2D eigenvalue weighted by molar-refractivity contribution is 14.1. The van der Waals surface area contributed by atoms with E-state index in [1.54, 1.807) is 12.1 Å². The molecule has 6 heteroatoms. The number of hydrogen-bond donors (Lipinski definition) is 2. The van der Waals surface area contributed by atoms with Crippen LogP contribution in [0, 0.1) is 9.49 Å². The van der Waals surface area contributed by atoms with Crippen molar-refractivity contribution in [2.45, 2.75) is 20.3 Å². The van der Waals surface area contributed by atoms with Crippen LogP contribution >= 0.6 is 22.6 Å². The number of hydrogen-bond acceptors (Lipinski definition) is 4. The van der Waals surface area contributed by atoms with Gasteiger partial charge in [0.15, 0.2) is 11.5 Å². The highest BCUT2D eigenvalue weighted by Crippen LogP contribution is 2.30. The summed E-state index contributed by atoms with van der Waals surface area (Å²) in [7, 11) is 1.48. The molecule has 0 saturated heterocycles. The van der Waals surface area contributed by atoms with Crippen LogP contribution in [0.4, 0.5) is 0 Å². The molecule has 1 aromatic heterocycles. The first-order chi connectivity index (χ1) is 9.92. The number of aromatic nitrogens is 2. The topological polar surface area (TPSA) is 75.2 Å². The first-order valence-corrected chi connectivity index (χ1v) is 7.66. The monoisotopic (exact) mass is 400 g/mol. The van der Waals surface area contributed by atoms with Gasteiger partial charge in [-0.15, -0.1) is 0 Å². The maximum Gasteiger partial charge on any atom is 0.264 e. The van der Waals surface area contributed by atoms with Crippen LogP contribution in [0.3, 0.4) is 0 Å². The van der Waals surface area contributed by atoms with Crippen LogP contribution in [0.2, 0.25) is 0 Å². The Kier molecular flexibility index (Phi) is 4.87. The number of nitrogens with zero attached hydrogens (tertiary/aromatic N) is 1. The van der Waals surface area contributed by atoms with Gasteiger partial charge in [0.05, 0.1) is 16.4 Å². The van der Waals surface area contributed by atoms with Crippen LogP contribution in [0.25, 0.3) is 11.4 Å². The molecular weight excluding hydrogens is 383 g/mol. The number of benzene rings is 1. The number of ether oxygens (including phenoxy) is 1. The van der Waals surface area contributed by atoms with Crippen molar-refractivity contribution in [1.29, 1.82) is 0 Å². The highest BCUT2D eigenvalue weighted by atomic mass is 127. The van der Waals surface area contributed by atoms with Gasteiger partial charge in [-0.25, -0.2) is 4.98 Å². The Morgan fingerprint density at radius 3 is 2.76 bits per heavy atom. The smallest absolute Gasteiger partial charge is 0.264 e. The Labute approximate surface area is 136 Å². The minimum atomic E-state index is -0.150. The number of phenolic OH excluding ortho intramolecular Hbond substituents is 1. The highest BCUT2D eigenvalue weighted by Gasteiger charge is 2.13. The third kappa shape index (κ3) is 3.55. The Bertz CT molecular complexity index is 711. The molecule has 0 saturated carbocycles. The number of aromatic amines is 1. The minimum absolute atomic E-state index is 0.0523. The van der Waals surface area contributed by atoms with Crippen molar-refractivity contribution in [3.05, 3.63) is 37.8 Å². The zero-order chi connectivity index (χ0) is 15.6. The van der Waals surface area contributed by atoms with Gasteiger partial charge in [0.2, 0.25) is 0 Å². The van der Waals surface area contributed by atoms with E-state index in [4.69, 9.17) is 4.74 Å². The number of methoxy groups -OCH3 is 1. The lowest BCUT2D eigenvalue weighted by Gasteiger charge is -2.10. The SMILES string of the molecule is COc1cc(-c2nc(CC(C)C)c(I)c(=O)[nH]2)ccc1O. The minimum Gasteiger partial charge on any atom is -0.504 e. The fourth-order valence-electron chi connectivity index (χ4n) is 1.99. The predicted molar refractivity (Wildman–Crippen MR) is 89.8 cm³/mol. The molecule has 0 spiro atoms. The van der Waals surface area contributed by atoms with Gasteiger partial charge in [0, 0.05) is 5.56 Å². The summed E-state index contributed by atoms with van der Waals surface area (Å²) >= 11 is 2.02. The Hall–Kier alpha value is -1.57.